The first kappa shape index (κ1) is 12.4. The number of H-pyrrole nitrogens is 1. The Bertz CT molecular complexity index is 797. The number of benzene rings is 1. The highest BCUT2D eigenvalue weighted by Crippen LogP contribution is 2.23. The van der Waals surface area contributed by atoms with Crippen molar-refractivity contribution < 1.29 is 4.39 Å². The molecule has 2 aromatic heterocycles. The van der Waals surface area contributed by atoms with Gasteiger partial charge in [0.25, 0.3) is 0 Å². The van der Waals surface area contributed by atoms with Crippen LogP contribution < -0.4 is 0 Å². The lowest BCUT2D eigenvalue weighted by atomic mass is 10.3. The molecule has 0 aliphatic rings. The lowest BCUT2D eigenvalue weighted by Gasteiger charge is -2.04. The average Bonchev–Trinajstić information content (AvgIpc) is 2.68. The summed E-state index contributed by atoms with van der Waals surface area (Å²) >= 11 is 8.45. The molecule has 0 unspecified atom stereocenters. The van der Waals surface area contributed by atoms with E-state index in [1.165, 1.54) is 12.4 Å². The molecule has 1 N–H and O–H groups in total. The van der Waals surface area contributed by atoms with E-state index in [1.54, 1.807) is 12.3 Å². The van der Waals surface area contributed by atoms with Gasteiger partial charge in [0.2, 0.25) is 0 Å². The van der Waals surface area contributed by atoms with Crippen LogP contribution >= 0.6 is 28.1 Å². The quantitative estimate of drug-likeness (QED) is 0.728. The minimum absolute atomic E-state index is 0.321. The maximum absolute atomic E-state index is 13.5. The second-order valence-electron chi connectivity index (χ2n) is 4.00. The smallest absolute Gasteiger partial charge is 0.178 e. The normalized spacial score (nSPS) is 11.1. The Hall–Kier alpha value is -1.60. The topological polar surface area (TPSA) is 46.5 Å². The molecule has 0 aliphatic carbocycles. The van der Waals surface area contributed by atoms with Crippen molar-refractivity contribution in [2.45, 2.75) is 6.54 Å². The third-order valence-electron chi connectivity index (χ3n) is 2.78. The number of nitrogens with one attached hydrogen (secondary N) is 1. The fourth-order valence-electron chi connectivity index (χ4n) is 1.88. The van der Waals surface area contributed by atoms with Gasteiger partial charge >= 0.3 is 0 Å². The van der Waals surface area contributed by atoms with Crippen molar-refractivity contribution in [2.75, 3.05) is 0 Å². The SMILES string of the molecule is Fc1cc2[nH]c(=S)n(Cc3ccncn3)c2cc1Br. The molecule has 4 nitrogen and oxygen atoms in total. The van der Waals surface area contributed by atoms with Crippen molar-refractivity contribution in [1.29, 1.82) is 0 Å². The van der Waals surface area contributed by atoms with Gasteiger partial charge in [0, 0.05) is 12.3 Å². The fraction of sp³-hybridized carbons (Fsp3) is 0.0833. The Labute approximate surface area is 121 Å². The Morgan fingerprint density at radius 1 is 1.42 bits per heavy atom. The lowest BCUT2D eigenvalue weighted by molar-refractivity contribution is 0.622. The van der Waals surface area contributed by atoms with Crippen molar-refractivity contribution in [2.24, 2.45) is 0 Å². The van der Waals surface area contributed by atoms with Crippen LogP contribution in [0.2, 0.25) is 0 Å². The minimum Gasteiger partial charge on any atom is -0.330 e. The minimum atomic E-state index is -0.321. The molecule has 96 valence electrons. The monoisotopic (exact) mass is 338 g/mol. The summed E-state index contributed by atoms with van der Waals surface area (Å²) in [6.45, 7) is 0.513. The number of halogens is 2. The zero-order valence-electron chi connectivity index (χ0n) is 9.60. The molecule has 0 spiro atoms. The lowest BCUT2D eigenvalue weighted by Crippen LogP contribution is -2.01. The summed E-state index contributed by atoms with van der Waals surface area (Å²) < 4.78 is 16.3. The van der Waals surface area contributed by atoms with Crippen LogP contribution in [0, 0.1) is 10.6 Å². The van der Waals surface area contributed by atoms with E-state index in [9.17, 15) is 4.39 Å². The molecule has 0 radical (unpaired) electrons. The van der Waals surface area contributed by atoms with Gasteiger partial charge in [-0.3, -0.25) is 0 Å². The predicted molar refractivity (Wildman–Crippen MR) is 75.9 cm³/mol. The highest BCUT2D eigenvalue weighted by atomic mass is 79.9. The number of fused-ring (bicyclic) bond motifs is 1. The molecule has 3 aromatic rings. The molecule has 0 atom stereocenters. The fourth-order valence-corrected chi connectivity index (χ4v) is 2.49. The maximum Gasteiger partial charge on any atom is 0.178 e. The molecule has 0 amide bonds. The Kier molecular flexibility index (Phi) is 3.16. The first-order chi connectivity index (χ1) is 9.15. The second-order valence-corrected chi connectivity index (χ2v) is 5.24. The summed E-state index contributed by atoms with van der Waals surface area (Å²) in [5.41, 5.74) is 2.34. The molecule has 0 fully saturated rings. The largest absolute Gasteiger partial charge is 0.330 e. The van der Waals surface area contributed by atoms with Gasteiger partial charge in [-0.15, -0.1) is 0 Å². The van der Waals surface area contributed by atoms with Crippen LogP contribution in [-0.4, -0.2) is 19.5 Å². The van der Waals surface area contributed by atoms with Crippen LogP contribution in [0.4, 0.5) is 4.39 Å². The van der Waals surface area contributed by atoms with E-state index in [0.29, 0.717) is 21.3 Å². The van der Waals surface area contributed by atoms with Gasteiger partial charge in [-0.05, 0) is 40.3 Å². The Morgan fingerprint density at radius 3 is 3.00 bits per heavy atom. The summed E-state index contributed by atoms with van der Waals surface area (Å²) in [6.07, 6.45) is 3.17. The molecule has 0 aliphatic heterocycles. The molecule has 0 bridgehead atoms. The van der Waals surface area contributed by atoms with E-state index in [4.69, 9.17) is 12.2 Å². The first-order valence-corrected chi connectivity index (χ1v) is 6.68. The second kappa shape index (κ2) is 4.82. The summed E-state index contributed by atoms with van der Waals surface area (Å²) in [6, 6.07) is 4.95. The highest BCUT2D eigenvalue weighted by molar-refractivity contribution is 9.10. The molecule has 0 saturated heterocycles. The van der Waals surface area contributed by atoms with Crippen LogP contribution in [-0.2, 0) is 6.54 Å². The maximum atomic E-state index is 13.5. The number of imidazole rings is 1. The van der Waals surface area contributed by atoms with Crippen LogP contribution in [0.3, 0.4) is 0 Å². The molecule has 3 rings (SSSR count). The molecule has 19 heavy (non-hydrogen) atoms. The van der Waals surface area contributed by atoms with Gasteiger partial charge in [-0.1, -0.05) is 0 Å². The molecular weight excluding hydrogens is 331 g/mol. The number of aromatic nitrogens is 4. The van der Waals surface area contributed by atoms with Crippen molar-refractivity contribution in [3.05, 3.63) is 51.5 Å². The summed E-state index contributed by atoms with van der Waals surface area (Å²) in [5.74, 6) is -0.321. The number of aromatic amines is 1. The number of hydrogen-bond acceptors (Lipinski definition) is 3. The molecule has 1 aromatic carbocycles. The van der Waals surface area contributed by atoms with E-state index < -0.39 is 0 Å². The molecule has 7 heteroatoms. The summed E-state index contributed by atoms with van der Waals surface area (Å²) in [4.78, 5) is 11.0. The number of rotatable bonds is 2. The summed E-state index contributed by atoms with van der Waals surface area (Å²) in [7, 11) is 0. The van der Waals surface area contributed by atoms with Crippen molar-refractivity contribution in [1.82, 2.24) is 19.5 Å². The summed E-state index contributed by atoms with van der Waals surface area (Å²) in [5, 5.41) is 0. The van der Waals surface area contributed by atoms with Gasteiger partial charge in [0.1, 0.15) is 12.1 Å². The molecule has 0 saturated carbocycles. The Balaban J connectivity index is 2.16. The van der Waals surface area contributed by atoms with Crippen molar-refractivity contribution in [3.8, 4) is 0 Å². The van der Waals surface area contributed by atoms with Gasteiger partial charge in [0.05, 0.1) is 27.7 Å². The van der Waals surface area contributed by atoms with Crippen LogP contribution in [0.25, 0.3) is 11.0 Å². The van der Waals surface area contributed by atoms with E-state index >= 15 is 0 Å². The Morgan fingerprint density at radius 2 is 2.26 bits per heavy atom. The predicted octanol–water partition coefficient (Wildman–Crippen LogP) is 3.44. The highest BCUT2D eigenvalue weighted by Gasteiger charge is 2.09. The first-order valence-electron chi connectivity index (χ1n) is 5.47. The van der Waals surface area contributed by atoms with Crippen LogP contribution in [0.5, 0.6) is 0 Å². The van der Waals surface area contributed by atoms with Crippen molar-refractivity contribution in [3.63, 3.8) is 0 Å². The van der Waals surface area contributed by atoms with Crippen LogP contribution in [0.1, 0.15) is 5.69 Å². The molecule has 2 heterocycles. The van der Waals surface area contributed by atoms with Gasteiger partial charge in [-0.2, -0.15) is 0 Å². The standard InChI is InChI=1S/C12H8BrFN4S/c13-8-3-11-10(4-9(8)14)17-12(19)18(11)5-7-1-2-15-6-16-7/h1-4,6H,5H2,(H,17,19). The van der Waals surface area contributed by atoms with E-state index in [-0.39, 0.29) is 5.82 Å². The number of hydrogen-bond donors (Lipinski definition) is 1. The molecular formula is C12H8BrFN4S. The zero-order valence-corrected chi connectivity index (χ0v) is 12.0. The van der Waals surface area contributed by atoms with E-state index in [0.717, 1.165) is 11.2 Å². The zero-order chi connectivity index (χ0) is 13.4. The third kappa shape index (κ3) is 2.31. The van der Waals surface area contributed by atoms with Crippen LogP contribution in [0.15, 0.2) is 35.2 Å². The van der Waals surface area contributed by atoms with E-state index in [2.05, 4.69) is 30.9 Å². The van der Waals surface area contributed by atoms with Gasteiger partial charge in [0.15, 0.2) is 4.77 Å². The van der Waals surface area contributed by atoms with Gasteiger partial charge in [-0.25, -0.2) is 14.4 Å². The van der Waals surface area contributed by atoms with E-state index in [1.807, 2.05) is 10.6 Å². The third-order valence-corrected chi connectivity index (χ3v) is 3.71. The average molecular weight is 339 g/mol. The number of nitrogens with zero attached hydrogens (tertiary/aromatic N) is 3. The van der Waals surface area contributed by atoms with Gasteiger partial charge < -0.3 is 9.55 Å². The van der Waals surface area contributed by atoms with Crippen molar-refractivity contribution >= 4 is 39.2 Å².